The van der Waals surface area contributed by atoms with Gasteiger partial charge in [0, 0.05) is 6.07 Å². The van der Waals surface area contributed by atoms with E-state index in [9.17, 15) is 14.9 Å². The molecule has 0 aliphatic carbocycles. The molecule has 0 radical (unpaired) electrons. The topological polar surface area (TPSA) is 69.4 Å². The van der Waals surface area contributed by atoms with E-state index in [1.807, 2.05) is 0 Å². The molecule has 21 heavy (non-hydrogen) atoms. The van der Waals surface area contributed by atoms with Crippen LogP contribution in [0, 0.1) is 10.1 Å². The van der Waals surface area contributed by atoms with E-state index in [0.717, 1.165) is 0 Å². The number of nitro benzene ring substituents is 1. The number of carbonyl (C=O) groups excluding carboxylic acids is 1. The second-order valence-electron chi connectivity index (χ2n) is 4.23. The number of hydrogen-bond acceptors (Lipinski definition) is 4. The molecule has 0 aromatic heterocycles. The van der Waals surface area contributed by atoms with E-state index in [-0.39, 0.29) is 23.1 Å². The van der Waals surface area contributed by atoms with Crippen molar-refractivity contribution in [3.63, 3.8) is 0 Å². The number of Topliss-reactive ketones (excluding diaryl/α,β-unsaturated/α-hetero) is 1. The Bertz CT molecular complexity index is 645. The van der Waals surface area contributed by atoms with Crippen molar-refractivity contribution >= 4 is 23.1 Å². The number of benzene rings is 2. The van der Waals surface area contributed by atoms with Crippen LogP contribution in [-0.4, -0.2) is 16.6 Å². The zero-order chi connectivity index (χ0) is 15.2. The number of nitrogens with zero attached hydrogens (tertiary/aromatic N) is 1. The summed E-state index contributed by atoms with van der Waals surface area (Å²) in [6.07, 6.45) is -0.968. The number of ketones is 1. The van der Waals surface area contributed by atoms with Gasteiger partial charge in [-0.25, -0.2) is 0 Å². The molecule has 0 N–H and O–H groups in total. The summed E-state index contributed by atoms with van der Waals surface area (Å²) in [6.45, 7) is 0. The first-order valence-electron chi connectivity index (χ1n) is 6.17. The summed E-state index contributed by atoms with van der Waals surface area (Å²) in [7, 11) is 0. The fourth-order valence-corrected chi connectivity index (χ4v) is 1.99. The Labute approximate surface area is 126 Å². The van der Waals surface area contributed by atoms with Gasteiger partial charge in [0.1, 0.15) is 0 Å². The highest BCUT2D eigenvalue weighted by Crippen LogP contribution is 2.31. The van der Waals surface area contributed by atoms with E-state index >= 15 is 0 Å². The first-order valence-corrected chi connectivity index (χ1v) is 6.70. The second kappa shape index (κ2) is 6.85. The quantitative estimate of drug-likeness (QED) is 0.465. The molecule has 5 nitrogen and oxygen atoms in total. The Balaban J connectivity index is 2.37. The van der Waals surface area contributed by atoms with Gasteiger partial charge in [-0.15, -0.1) is 11.6 Å². The van der Waals surface area contributed by atoms with Gasteiger partial charge in [0.2, 0.25) is 0 Å². The van der Waals surface area contributed by atoms with Crippen molar-refractivity contribution in [3.8, 4) is 5.75 Å². The van der Waals surface area contributed by atoms with Crippen molar-refractivity contribution < 1.29 is 14.5 Å². The monoisotopic (exact) mass is 305 g/mol. The molecular formula is C15H12ClNO4. The second-order valence-corrected chi connectivity index (χ2v) is 4.50. The summed E-state index contributed by atoms with van der Waals surface area (Å²) in [5, 5.41) is 11.0. The Morgan fingerprint density at radius 3 is 2.38 bits per heavy atom. The third-order valence-corrected chi connectivity index (χ3v) is 3.10. The first-order chi connectivity index (χ1) is 10.1. The molecule has 1 atom stereocenters. The number of nitro groups is 1. The zero-order valence-electron chi connectivity index (χ0n) is 10.9. The smallest absolute Gasteiger partial charge is 0.310 e. The molecule has 0 aliphatic rings. The lowest BCUT2D eigenvalue weighted by Gasteiger charge is -2.17. The van der Waals surface area contributed by atoms with Crippen LogP contribution in [0.4, 0.5) is 5.69 Å². The molecule has 0 saturated carbocycles. The SMILES string of the molecule is O=C(CCl)C(Oc1ccccc1[N+](=O)[O-])c1ccccc1. The van der Waals surface area contributed by atoms with Crippen LogP contribution < -0.4 is 4.74 Å². The minimum Gasteiger partial charge on any atom is -0.471 e. The number of para-hydroxylation sites is 2. The number of carbonyl (C=O) groups is 1. The van der Waals surface area contributed by atoms with E-state index in [1.54, 1.807) is 36.4 Å². The lowest BCUT2D eigenvalue weighted by molar-refractivity contribution is -0.386. The lowest BCUT2D eigenvalue weighted by atomic mass is 10.1. The highest BCUT2D eigenvalue weighted by molar-refractivity contribution is 6.28. The van der Waals surface area contributed by atoms with Crippen LogP contribution in [0.5, 0.6) is 5.75 Å². The molecule has 108 valence electrons. The van der Waals surface area contributed by atoms with Crippen molar-refractivity contribution in [2.75, 3.05) is 5.88 Å². The predicted octanol–water partition coefficient (Wildman–Crippen LogP) is 3.52. The lowest BCUT2D eigenvalue weighted by Crippen LogP contribution is -2.20. The molecule has 2 aromatic rings. The maximum atomic E-state index is 12.0. The molecular weight excluding hydrogens is 294 g/mol. The molecule has 0 bridgehead atoms. The molecule has 0 saturated heterocycles. The average Bonchev–Trinajstić information content (AvgIpc) is 2.53. The third-order valence-electron chi connectivity index (χ3n) is 2.83. The highest BCUT2D eigenvalue weighted by Gasteiger charge is 2.25. The molecule has 0 spiro atoms. The molecule has 1 unspecified atom stereocenters. The minimum atomic E-state index is -0.968. The summed E-state index contributed by atoms with van der Waals surface area (Å²) >= 11 is 5.60. The fourth-order valence-electron chi connectivity index (χ4n) is 1.85. The van der Waals surface area contributed by atoms with Gasteiger partial charge in [-0.05, 0) is 11.6 Å². The Morgan fingerprint density at radius 2 is 1.76 bits per heavy atom. The van der Waals surface area contributed by atoms with Crippen molar-refractivity contribution in [1.29, 1.82) is 0 Å². The molecule has 2 rings (SSSR count). The number of rotatable bonds is 6. The third kappa shape index (κ3) is 3.58. The van der Waals surface area contributed by atoms with E-state index in [2.05, 4.69) is 0 Å². The van der Waals surface area contributed by atoms with Crippen LogP contribution in [0.1, 0.15) is 11.7 Å². The minimum absolute atomic E-state index is 0.0369. The van der Waals surface area contributed by atoms with Gasteiger partial charge in [0.05, 0.1) is 10.8 Å². The van der Waals surface area contributed by atoms with Gasteiger partial charge < -0.3 is 4.74 Å². The Morgan fingerprint density at radius 1 is 1.14 bits per heavy atom. The highest BCUT2D eigenvalue weighted by atomic mass is 35.5. The van der Waals surface area contributed by atoms with Gasteiger partial charge in [0.15, 0.2) is 17.6 Å². The van der Waals surface area contributed by atoms with Crippen LogP contribution in [-0.2, 0) is 4.79 Å². The first kappa shape index (κ1) is 15.0. The van der Waals surface area contributed by atoms with Gasteiger partial charge in [0.25, 0.3) is 0 Å². The van der Waals surface area contributed by atoms with Crippen LogP contribution in [0.25, 0.3) is 0 Å². The standard InChI is InChI=1S/C15H12ClNO4/c16-10-13(18)15(11-6-2-1-3-7-11)21-14-9-5-4-8-12(14)17(19)20/h1-9,15H,10H2. The van der Waals surface area contributed by atoms with Gasteiger partial charge >= 0.3 is 5.69 Å². The summed E-state index contributed by atoms with van der Waals surface area (Å²) in [4.78, 5) is 22.4. The summed E-state index contributed by atoms with van der Waals surface area (Å²) in [5.41, 5.74) is 0.405. The van der Waals surface area contributed by atoms with Crippen molar-refractivity contribution in [2.45, 2.75) is 6.10 Å². The van der Waals surface area contributed by atoms with E-state index in [4.69, 9.17) is 16.3 Å². The molecule has 0 heterocycles. The van der Waals surface area contributed by atoms with Crippen molar-refractivity contribution in [1.82, 2.24) is 0 Å². The van der Waals surface area contributed by atoms with Gasteiger partial charge in [-0.1, -0.05) is 42.5 Å². The Hall–Kier alpha value is -2.40. The molecule has 0 aliphatic heterocycles. The normalized spacial score (nSPS) is 11.7. The largest absolute Gasteiger partial charge is 0.471 e. The zero-order valence-corrected chi connectivity index (χ0v) is 11.7. The van der Waals surface area contributed by atoms with Crippen LogP contribution in [0.3, 0.4) is 0 Å². The number of alkyl halides is 1. The maximum Gasteiger partial charge on any atom is 0.310 e. The number of ether oxygens (including phenoxy) is 1. The van der Waals surface area contributed by atoms with E-state index < -0.39 is 11.0 Å². The summed E-state index contributed by atoms with van der Waals surface area (Å²) in [5.74, 6) is -0.559. The summed E-state index contributed by atoms with van der Waals surface area (Å²) < 4.78 is 5.57. The van der Waals surface area contributed by atoms with Crippen LogP contribution >= 0.6 is 11.6 Å². The molecule has 0 fully saturated rings. The van der Waals surface area contributed by atoms with Gasteiger partial charge in [-0.3, -0.25) is 14.9 Å². The van der Waals surface area contributed by atoms with Crippen LogP contribution in [0.2, 0.25) is 0 Å². The Kier molecular flexibility index (Phi) is 4.90. The van der Waals surface area contributed by atoms with Crippen molar-refractivity contribution in [3.05, 3.63) is 70.3 Å². The van der Waals surface area contributed by atoms with Crippen LogP contribution in [0.15, 0.2) is 54.6 Å². The van der Waals surface area contributed by atoms with Gasteiger partial charge in [-0.2, -0.15) is 0 Å². The fraction of sp³-hybridized carbons (Fsp3) is 0.133. The number of halogens is 1. The maximum absolute atomic E-state index is 12.0. The number of hydrogen-bond donors (Lipinski definition) is 0. The van der Waals surface area contributed by atoms with E-state index in [0.29, 0.717) is 5.56 Å². The molecule has 2 aromatic carbocycles. The molecule has 0 amide bonds. The van der Waals surface area contributed by atoms with E-state index in [1.165, 1.54) is 18.2 Å². The summed E-state index contributed by atoms with van der Waals surface area (Å²) in [6, 6.07) is 14.7. The predicted molar refractivity (Wildman–Crippen MR) is 78.6 cm³/mol. The average molecular weight is 306 g/mol. The van der Waals surface area contributed by atoms with Crippen molar-refractivity contribution in [2.24, 2.45) is 0 Å². The molecule has 6 heteroatoms.